The highest BCUT2D eigenvalue weighted by atomic mass is 16.5. The minimum absolute atomic E-state index is 0.146. The number of benzene rings is 2. The highest BCUT2D eigenvalue weighted by Gasteiger charge is 2.37. The molecule has 2 aromatic carbocycles. The van der Waals surface area contributed by atoms with Gasteiger partial charge in [-0.3, -0.25) is 9.78 Å². The van der Waals surface area contributed by atoms with Crippen LogP contribution in [0.5, 0.6) is 0 Å². The second-order valence-electron chi connectivity index (χ2n) is 9.08. The summed E-state index contributed by atoms with van der Waals surface area (Å²) in [5, 5.41) is 2.48. The molecule has 1 amide bonds. The largest absolute Gasteiger partial charge is 0.366 e. The molecule has 1 aromatic heterocycles. The van der Waals surface area contributed by atoms with Crippen molar-refractivity contribution in [3.63, 3.8) is 0 Å². The molecular formula is C27H31N3O2. The number of morpholine rings is 1. The van der Waals surface area contributed by atoms with Crippen molar-refractivity contribution in [2.45, 2.75) is 38.3 Å². The van der Waals surface area contributed by atoms with E-state index in [1.807, 2.05) is 6.20 Å². The third kappa shape index (κ3) is 4.27. The third-order valence-electron chi connectivity index (χ3n) is 6.77. The van der Waals surface area contributed by atoms with Crippen molar-refractivity contribution in [3.05, 3.63) is 66.0 Å². The van der Waals surface area contributed by atoms with Crippen molar-refractivity contribution in [3.8, 4) is 11.1 Å². The maximum Gasteiger partial charge on any atom is 0.253 e. The Morgan fingerprint density at radius 1 is 1.12 bits per heavy atom. The minimum Gasteiger partial charge on any atom is -0.366 e. The van der Waals surface area contributed by atoms with Gasteiger partial charge >= 0.3 is 0 Å². The van der Waals surface area contributed by atoms with Crippen LogP contribution in [0.25, 0.3) is 21.9 Å². The van der Waals surface area contributed by atoms with Crippen LogP contribution in [-0.2, 0) is 16.0 Å². The maximum absolute atomic E-state index is 13.3. The summed E-state index contributed by atoms with van der Waals surface area (Å²) in [6.45, 7) is 4.97. The van der Waals surface area contributed by atoms with E-state index in [2.05, 4.69) is 77.3 Å². The zero-order valence-electron chi connectivity index (χ0n) is 19.0. The number of nitrogens with zero attached hydrogens (tertiary/aromatic N) is 3. The smallest absolute Gasteiger partial charge is 0.253 e. The fourth-order valence-electron chi connectivity index (χ4n) is 4.83. The summed E-state index contributed by atoms with van der Waals surface area (Å²) in [6, 6.07) is 17.4. The topological polar surface area (TPSA) is 45.7 Å². The first-order valence-electron chi connectivity index (χ1n) is 11.6. The van der Waals surface area contributed by atoms with Crippen molar-refractivity contribution >= 4 is 16.7 Å². The van der Waals surface area contributed by atoms with E-state index in [1.54, 1.807) is 0 Å². The van der Waals surface area contributed by atoms with Crippen LogP contribution in [0, 0.1) is 6.92 Å². The third-order valence-corrected chi connectivity index (χ3v) is 6.77. The lowest BCUT2D eigenvalue weighted by Gasteiger charge is -2.33. The molecule has 2 heterocycles. The van der Waals surface area contributed by atoms with Crippen LogP contribution in [0.3, 0.4) is 0 Å². The Bertz CT molecular complexity index is 1120. The highest BCUT2D eigenvalue weighted by molar-refractivity contribution is 5.97. The van der Waals surface area contributed by atoms with E-state index in [-0.39, 0.29) is 12.0 Å². The van der Waals surface area contributed by atoms with Crippen LogP contribution in [-0.4, -0.2) is 66.1 Å². The van der Waals surface area contributed by atoms with Gasteiger partial charge in [-0.15, -0.1) is 0 Å². The molecular weight excluding hydrogens is 398 g/mol. The Morgan fingerprint density at radius 3 is 2.75 bits per heavy atom. The summed E-state index contributed by atoms with van der Waals surface area (Å²) in [5.41, 5.74) is 4.70. The molecule has 1 unspecified atom stereocenters. The molecule has 2 fully saturated rings. The predicted molar refractivity (Wildman–Crippen MR) is 128 cm³/mol. The van der Waals surface area contributed by atoms with E-state index >= 15 is 0 Å². The first kappa shape index (κ1) is 21.1. The monoisotopic (exact) mass is 429 g/mol. The lowest BCUT2D eigenvalue weighted by molar-refractivity contribution is -0.149. The number of amides is 1. The molecule has 1 saturated carbocycles. The predicted octanol–water partition coefficient (Wildman–Crippen LogP) is 4.07. The van der Waals surface area contributed by atoms with E-state index in [1.165, 1.54) is 27.5 Å². The fraction of sp³-hybridized carbons (Fsp3) is 0.407. The molecule has 32 heavy (non-hydrogen) atoms. The molecule has 1 aliphatic carbocycles. The molecule has 5 nitrogen and oxygen atoms in total. The van der Waals surface area contributed by atoms with Crippen LogP contribution < -0.4 is 0 Å². The van der Waals surface area contributed by atoms with Crippen LogP contribution in [0.15, 0.2) is 54.7 Å². The summed E-state index contributed by atoms with van der Waals surface area (Å²) < 4.78 is 5.84. The first-order valence-corrected chi connectivity index (χ1v) is 11.6. The highest BCUT2D eigenvalue weighted by Crippen LogP contribution is 2.33. The van der Waals surface area contributed by atoms with E-state index in [9.17, 15) is 4.79 Å². The number of carbonyl (C=O) groups is 1. The van der Waals surface area contributed by atoms with Crippen LogP contribution in [0.4, 0.5) is 0 Å². The minimum atomic E-state index is -0.345. The number of fused-ring (bicyclic) bond motifs is 1. The standard InChI is InChI=1S/C27H31N3O2/c1-19-22(13-15-30(21-10-11-21)27(31)26-18-29(2)16-17-32-26)25(12-14-28-19)24-9-5-7-20-6-3-4-8-23(20)24/h3-9,12,14,21,26H,10-11,13,15-18H2,1-2H3. The number of pyridine rings is 1. The summed E-state index contributed by atoms with van der Waals surface area (Å²) in [4.78, 5) is 22.2. The zero-order chi connectivity index (χ0) is 22.1. The van der Waals surface area contributed by atoms with Gasteiger partial charge in [0.05, 0.1) is 6.61 Å². The molecule has 1 saturated heterocycles. The number of likely N-dealkylation sites (N-methyl/N-ethyl adjacent to an activating group) is 1. The number of ether oxygens (including phenoxy) is 1. The van der Waals surface area contributed by atoms with Crippen molar-refractivity contribution in [2.24, 2.45) is 0 Å². The number of hydrogen-bond acceptors (Lipinski definition) is 4. The molecule has 0 spiro atoms. The number of hydrogen-bond donors (Lipinski definition) is 0. The number of aromatic nitrogens is 1. The van der Waals surface area contributed by atoms with Gasteiger partial charge in [-0.25, -0.2) is 0 Å². The molecule has 2 aliphatic rings. The second kappa shape index (κ2) is 9.00. The van der Waals surface area contributed by atoms with Gasteiger partial charge in [-0.1, -0.05) is 42.5 Å². The molecule has 5 heteroatoms. The van der Waals surface area contributed by atoms with Gasteiger partial charge in [0.25, 0.3) is 5.91 Å². The molecule has 1 aliphatic heterocycles. The van der Waals surface area contributed by atoms with Crippen molar-refractivity contribution in [1.82, 2.24) is 14.8 Å². The van der Waals surface area contributed by atoms with E-state index in [4.69, 9.17) is 4.74 Å². The molecule has 0 radical (unpaired) electrons. The Labute approximate surface area is 190 Å². The lowest BCUT2D eigenvalue weighted by Crippen LogP contribution is -2.51. The number of aryl methyl sites for hydroxylation is 1. The molecule has 166 valence electrons. The summed E-state index contributed by atoms with van der Waals surface area (Å²) >= 11 is 0. The molecule has 1 atom stereocenters. The molecule has 3 aromatic rings. The number of carbonyl (C=O) groups excluding carboxylic acids is 1. The molecule has 5 rings (SSSR count). The molecule has 0 bridgehead atoms. The van der Waals surface area contributed by atoms with E-state index in [0.29, 0.717) is 25.7 Å². The quantitative estimate of drug-likeness (QED) is 0.593. The maximum atomic E-state index is 13.3. The van der Waals surface area contributed by atoms with Crippen molar-refractivity contribution in [2.75, 3.05) is 33.3 Å². The van der Waals surface area contributed by atoms with E-state index < -0.39 is 0 Å². The number of rotatable bonds is 6. The Morgan fingerprint density at radius 2 is 1.94 bits per heavy atom. The zero-order valence-corrected chi connectivity index (χ0v) is 19.0. The van der Waals surface area contributed by atoms with Crippen LogP contribution >= 0.6 is 0 Å². The normalized spacial score (nSPS) is 19.2. The Balaban J connectivity index is 1.42. The van der Waals surface area contributed by atoms with Gasteiger partial charge in [0, 0.05) is 37.6 Å². The van der Waals surface area contributed by atoms with Gasteiger partial charge in [-0.05, 0) is 66.8 Å². The summed E-state index contributed by atoms with van der Waals surface area (Å²) in [5.74, 6) is 0.146. The van der Waals surface area contributed by atoms with Crippen molar-refractivity contribution in [1.29, 1.82) is 0 Å². The summed E-state index contributed by atoms with van der Waals surface area (Å²) in [6.07, 6.45) is 4.53. The van der Waals surface area contributed by atoms with Gasteiger partial charge in [0.15, 0.2) is 0 Å². The Kier molecular flexibility index (Phi) is 5.94. The fourth-order valence-corrected chi connectivity index (χ4v) is 4.83. The van der Waals surface area contributed by atoms with Gasteiger partial charge < -0.3 is 14.5 Å². The summed E-state index contributed by atoms with van der Waals surface area (Å²) in [7, 11) is 2.06. The first-order chi connectivity index (χ1) is 15.6. The average molecular weight is 430 g/mol. The van der Waals surface area contributed by atoms with Gasteiger partial charge in [0.1, 0.15) is 6.10 Å². The average Bonchev–Trinajstić information content (AvgIpc) is 3.65. The van der Waals surface area contributed by atoms with Gasteiger partial charge in [0.2, 0.25) is 0 Å². The SMILES string of the molecule is Cc1nccc(-c2cccc3ccccc23)c1CCN(C(=O)C1CN(C)CCO1)C1CC1. The van der Waals surface area contributed by atoms with E-state index in [0.717, 1.165) is 31.5 Å². The Hall–Kier alpha value is -2.76. The molecule has 0 N–H and O–H groups in total. The van der Waals surface area contributed by atoms with Gasteiger partial charge in [-0.2, -0.15) is 0 Å². The van der Waals surface area contributed by atoms with Crippen LogP contribution in [0.2, 0.25) is 0 Å². The van der Waals surface area contributed by atoms with Crippen molar-refractivity contribution < 1.29 is 9.53 Å². The van der Waals surface area contributed by atoms with Crippen LogP contribution in [0.1, 0.15) is 24.1 Å². The lowest BCUT2D eigenvalue weighted by atomic mass is 9.93. The second-order valence-corrected chi connectivity index (χ2v) is 9.08.